The van der Waals surface area contributed by atoms with Gasteiger partial charge in [0.15, 0.2) is 0 Å². The maximum absolute atomic E-state index is 12.5. The maximum Gasteiger partial charge on any atom is 0.256 e. The molecule has 26 heavy (non-hydrogen) atoms. The number of H-pyrrole nitrogens is 1. The molecule has 2 aromatic carbocycles. The fraction of sp³-hybridized carbons (Fsp3) is 0. The van der Waals surface area contributed by atoms with Gasteiger partial charge in [0, 0.05) is 21.4 Å². The van der Waals surface area contributed by atoms with Crippen LogP contribution in [0.3, 0.4) is 0 Å². The van der Waals surface area contributed by atoms with Gasteiger partial charge in [-0.05, 0) is 42.5 Å². The van der Waals surface area contributed by atoms with Crippen molar-refractivity contribution in [2.45, 2.75) is 0 Å². The standard InChI is InChI=1S/C19H10BrClN4O/c20-11-2-4-15-13(8-11)17-12(5-6-23-19(17)26)18(24-15)25-16-7-10(9-22)1-3-14(16)21/h1-8H,(H,23,26)(H,24,25). The van der Waals surface area contributed by atoms with Crippen LogP contribution in [0.15, 0.2) is 57.9 Å². The van der Waals surface area contributed by atoms with E-state index in [0.717, 1.165) is 9.86 Å². The fourth-order valence-corrected chi connectivity index (χ4v) is 3.37. The summed E-state index contributed by atoms with van der Waals surface area (Å²) in [6, 6.07) is 14.4. The van der Waals surface area contributed by atoms with Crippen LogP contribution in [0.5, 0.6) is 0 Å². The molecule has 0 aliphatic carbocycles. The van der Waals surface area contributed by atoms with Crippen molar-refractivity contribution in [1.29, 1.82) is 5.26 Å². The van der Waals surface area contributed by atoms with Crippen molar-refractivity contribution in [3.8, 4) is 6.07 Å². The summed E-state index contributed by atoms with van der Waals surface area (Å²) in [4.78, 5) is 19.8. The van der Waals surface area contributed by atoms with Crippen LogP contribution in [0.25, 0.3) is 21.7 Å². The molecule has 0 bridgehead atoms. The van der Waals surface area contributed by atoms with Gasteiger partial charge in [0.05, 0.1) is 33.2 Å². The van der Waals surface area contributed by atoms with E-state index in [2.05, 4.69) is 37.3 Å². The molecule has 4 aromatic rings. The lowest BCUT2D eigenvalue weighted by Crippen LogP contribution is -2.07. The summed E-state index contributed by atoms with van der Waals surface area (Å²) in [7, 11) is 0. The van der Waals surface area contributed by atoms with Crippen LogP contribution in [0.1, 0.15) is 5.56 Å². The highest BCUT2D eigenvalue weighted by Crippen LogP contribution is 2.32. The zero-order valence-corrected chi connectivity index (χ0v) is 15.5. The van der Waals surface area contributed by atoms with Crippen LogP contribution in [0.4, 0.5) is 11.5 Å². The van der Waals surface area contributed by atoms with Gasteiger partial charge in [0.25, 0.3) is 5.56 Å². The van der Waals surface area contributed by atoms with Gasteiger partial charge in [-0.2, -0.15) is 5.26 Å². The Labute approximate surface area is 161 Å². The van der Waals surface area contributed by atoms with Crippen molar-refractivity contribution in [2.75, 3.05) is 5.32 Å². The Hall–Kier alpha value is -2.88. The highest BCUT2D eigenvalue weighted by atomic mass is 79.9. The molecule has 0 aliphatic rings. The fourth-order valence-electron chi connectivity index (χ4n) is 2.84. The van der Waals surface area contributed by atoms with E-state index < -0.39 is 0 Å². The summed E-state index contributed by atoms with van der Waals surface area (Å²) in [5, 5.41) is 14.7. The van der Waals surface area contributed by atoms with Gasteiger partial charge in [-0.25, -0.2) is 4.98 Å². The average Bonchev–Trinajstić information content (AvgIpc) is 2.64. The monoisotopic (exact) mass is 424 g/mol. The Kier molecular flexibility index (Phi) is 4.11. The lowest BCUT2D eigenvalue weighted by atomic mass is 10.1. The molecule has 126 valence electrons. The third kappa shape index (κ3) is 2.81. The third-order valence-corrected chi connectivity index (χ3v) is 4.85. The first-order chi connectivity index (χ1) is 12.6. The minimum atomic E-state index is -0.201. The van der Waals surface area contributed by atoms with Crippen LogP contribution >= 0.6 is 27.5 Å². The molecule has 0 radical (unpaired) electrons. The van der Waals surface area contributed by atoms with Crippen molar-refractivity contribution in [2.24, 2.45) is 0 Å². The second-order valence-corrected chi connectivity index (χ2v) is 6.97. The number of aromatic amines is 1. The lowest BCUT2D eigenvalue weighted by Gasteiger charge is -2.12. The number of hydrogen-bond donors (Lipinski definition) is 2. The molecule has 0 saturated carbocycles. The maximum atomic E-state index is 12.5. The number of anilines is 2. The van der Waals surface area contributed by atoms with E-state index in [1.807, 2.05) is 18.2 Å². The number of halogens is 2. The number of hydrogen-bond acceptors (Lipinski definition) is 4. The van der Waals surface area contributed by atoms with E-state index in [1.54, 1.807) is 30.5 Å². The first-order valence-corrected chi connectivity index (χ1v) is 8.81. The first kappa shape index (κ1) is 16.6. The molecule has 4 rings (SSSR count). The molecule has 7 heteroatoms. The average molecular weight is 426 g/mol. The highest BCUT2D eigenvalue weighted by Gasteiger charge is 2.13. The van der Waals surface area contributed by atoms with Crippen LogP contribution < -0.4 is 10.9 Å². The van der Waals surface area contributed by atoms with Gasteiger partial charge in [-0.3, -0.25) is 4.79 Å². The van der Waals surface area contributed by atoms with E-state index in [9.17, 15) is 4.79 Å². The number of nitrogens with one attached hydrogen (secondary N) is 2. The second-order valence-electron chi connectivity index (χ2n) is 5.65. The lowest BCUT2D eigenvalue weighted by molar-refractivity contribution is 1.27. The van der Waals surface area contributed by atoms with Crippen molar-refractivity contribution in [3.63, 3.8) is 0 Å². The van der Waals surface area contributed by atoms with Gasteiger partial charge in [0.2, 0.25) is 0 Å². The SMILES string of the molecule is N#Cc1ccc(Cl)c(Nc2nc3ccc(Br)cc3c3c(=O)[nH]ccc23)c1. The molecule has 2 heterocycles. The highest BCUT2D eigenvalue weighted by molar-refractivity contribution is 9.10. The largest absolute Gasteiger partial charge is 0.338 e. The first-order valence-electron chi connectivity index (χ1n) is 7.64. The van der Waals surface area contributed by atoms with Crippen LogP contribution in [-0.4, -0.2) is 9.97 Å². The molecule has 0 amide bonds. The van der Waals surface area contributed by atoms with Crippen molar-refractivity contribution in [3.05, 3.63) is 74.1 Å². The molecule has 5 nitrogen and oxygen atoms in total. The summed E-state index contributed by atoms with van der Waals surface area (Å²) >= 11 is 9.69. The predicted molar refractivity (Wildman–Crippen MR) is 107 cm³/mol. The second kappa shape index (κ2) is 6.45. The zero-order chi connectivity index (χ0) is 18.3. The topological polar surface area (TPSA) is 81.6 Å². The molecule has 2 aromatic heterocycles. The van der Waals surface area contributed by atoms with Crippen LogP contribution in [0, 0.1) is 11.3 Å². The van der Waals surface area contributed by atoms with E-state index in [-0.39, 0.29) is 5.56 Å². The quantitative estimate of drug-likeness (QED) is 0.437. The number of aromatic nitrogens is 2. The number of nitriles is 1. The molecule has 0 unspecified atom stereocenters. The Bertz CT molecular complexity index is 1280. The number of nitrogens with zero attached hydrogens (tertiary/aromatic N) is 2. The van der Waals surface area contributed by atoms with E-state index in [4.69, 9.17) is 16.9 Å². The Balaban J connectivity index is 2.01. The summed E-state index contributed by atoms with van der Waals surface area (Å²) in [5.41, 5.74) is 1.50. The summed E-state index contributed by atoms with van der Waals surface area (Å²) in [5.74, 6) is 0.498. The van der Waals surface area contributed by atoms with Crippen molar-refractivity contribution in [1.82, 2.24) is 9.97 Å². The van der Waals surface area contributed by atoms with Gasteiger partial charge < -0.3 is 10.3 Å². The summed E-state index contributed by atoms with van der Waals surface area (Å²) in [6.07, 6.45) is 1.58. The van der Waals surface area contributed by atoms with Gasteiger partial charge in [0.1, 0.15) is 5.82 Å². The molecule has 0 aliphatic heterocycles. The van der Waals surface area contributed by atoms with Crippen LogP contribution in [-0.2, 0) is 0 Å². The Morgan fingerprint density at radius 3 is 2.81 bits per heavy atom. The van der Waals surface area contributed by atoms with Crippen molar-refractivity contribution >= 4 is 60.7 Å². The molecule has 0 saturated heterocycles. The minimum Gasteiger partial charge on any atom is -0.338 e. The molecule has 0 spiro atoms. The predicted octanol–water partition coefficient (Wildman–Crippen LogP) is 5.11. The van der Waals surface area contributed by atoms with Crippen LogP contribution in [0.2, 0.25) is 5.02 Å². The minimum absolute atomic E-state index is 0.201. The van der Waals surface area contributed by atoms with Gasteiger partial charge in [-0.15, -0.1) is 0 Å². The number of rotatable bonds is 2. The summed E-state index contributed by atoms with van der Waals surface area (Å²) in [6.45, 7) is 0. The Morgan fingerprint density at radius 2 is 2.00 bits per heavy atom. The molecular formula is C19H10BrClN4O. The Morgan fingerprint density at radius 1 is 1.15 bits per heavy atom. The normalized spacial score (nSPS) is 10.8. The van der Waals surface area contributed by atoms with Gasteiger partial charge in [-0.1, -0.05) is 27.5 Å². The zero-order valence-electron chi connectivity index (χ0n) is 13.2. The van der Waals surface area contributed by atoms with Crippen molar-refractivity contribution < 1.29 is 0 Å². The summed E-state index contributed by atoms with van der Waals surface area (Å²) < 4.78 is 0.863. The third-order valence-electron chi connectivity index (χ3n) is 4.02. The van der Waals surface area contributed by atoms with E-state index in [0.29, 0.717) is 38.4 Å². The smallest absolute Gasteiger partial charge is 0.256 e. The number of fused-ring (bicyclic) bond motifs is 3. The number of benzene rings is 2. The molecule has 0 fully saturated rings. The molecule has 2 N–H and O–H groups in total. The molecule has 0 atom stereocenters. The molecular weight excluding hydrogens is 416 g/mol. The van der Waals surface area contributed by atoms with E-state index >= 15 is 0 Å². The van der Waals surface area contributed by atoms with E-state index in [1.165, 1.54) is 0 Å². The number of pyridine rings is 2. The van der Waals surface area contributed by atoms with Gasteiger partial charge >= 0.3 is 0 Å².